The van der Waals surface area contributed by atoms with Gasteiger partial charge in [-0.25, -0.2) is 4.98 Å². The Balaban J connectivity index is 2.73. The first kappa shape index (κ1) is 14.0. The zero-order valence-electron chi connectivity index (χ0n) is 10.5. The van der Waals surface area contributed by atoms with Crippen LogP contribution in [0.15, 0.2) is 18.3 Å². The molecule has 0 saturated carbocycles. The van der Waals surface area contributed by atoms with Crippen LogP contribution in [-0.4, -0.2) is 41.5 Å². The maximum atomic E-state index is 12.0. The summed E-state index contributed by atoms with van der Waals surface area (Å²) in [6.45, 7) is 4.13. The highest BCUT2D eigenvalue weighted by atomic mass is 16.5. The number of hydrogen-bond donors (Lipinski definition) is 1. The summed E-state index contributed by atoms with van der Waals surface area (Å²) >= 11 is 0. The van der Waals surface area contributed by atoms with Gasteiger partial charge in [-0.15, -0.1) is 0 Å². The van der Waals surface area contributed by atoms with Gasteiger partial charge in [0.1, 0.15) is 12.2 Å². The van der Waals surface area contributed by atoms with Crippen LogP contribution in [0.1, 0.15) is 24.3 Å². The van der Waals surface area contributed by atoms with Gasteiger partial charge in [0, 0.05) is 6.54 Å². The Morgan fingerprint density at radius 2 is 2.11 bits per heavy atom. The van der Waals surface area contributed by atoms with Crippen molar-refractivity contribution in [2.45, 2.75) is 13.8 Å². The fourth-order valence-corrected chi connectivity index (χ4v) is 1.38. The molecule has 0 fully saturated rings. The van der Waals surface area contributed by atoms with Crippen molar-refractivity contribution in [3.05, 3.63) is 24.0 Å². The van der Waals surface area contributed by atoms with Crippen molar-refractivity contribution in [1.29, 1.82) is 0 Å². The number of nitrogens with zero attached hydrogens (tertiary/aromatic N) is 2. The lowest BCUT2D eigenvalue weighted by atomic mass is 10.3. The van der Waals surface area contributed by atoms with E-state index < -0.39 is 5.97 Å². The summed E-state index contributed by atoms with van der Waals surface area (Å²) in [5.74, 6) is -0.742. The van der Waals surface area contributed by atoms with Gasteiger partial charge in [-0.05, 0) is 26.0 Å². The minimum atomic E-state index is -0.428. The fraction of sp³-hybridized carbons (Fsp3) is 0.417. The van der Waals surface area contributed by atoms with Gasteiger partial charge in [-0.3, -0.25) is 9.59 Å². The molecule has 0 aliphatic rings. The minimum Gasteiger partial charge on any atom is -0.465 e. The molecule has 1 aromatic rings. The van der Waals surface area contributed by atoms with Gasteiger partial charge in [0.25, 0.3) is 5.91 Å². The van der Waals surface area contributed by atoms with Crippen molar-refractivity contribution in [3.8, 4) is 0 Å². The number of pyridine rings is 1. The highest BCUT2D eigenvalue weighted by Crippen LogP contribution is 2.05. The first-order valence-corrected chi connectivity index (χ1v) is 5.74. The number of ether oxygens (including phenoxy) is 1. The lowest BCUT2D eigenvalue weighted by Crippen LogP contribution is -2.36. The van der Waals surface area contributed by atoms with E-state index in [1.807, 2.05) is 0 Å². The summed E-state index contributed by atoms with van der Waals surface area (Å²) in [5.41, 5.74) is 6.24. The Morgan fingerprint density at radius 3 is 2.61 bits per heavy atom. The van der Waals surface area contributed by atoms with Gasteiger partial charge in [-0.1, -0.05) is 0 Å². The van der Waals surface area contributed by atoms with Crippen LogP contribution < -0.4 is 5.73 Å². The zero-order chi connectivity index (χ0) is 13.5. The second kappa shape index (κ2) is 6.58. The van der Waals surface area contributed by atoms with E-state index >= 15 is 0 Å². The Bertz CT molecular complexity index is 417. The molecule has 0 aliphatic heterocycles. The van der Waals surface area contributed by atoms with Gasteiger partial charge < -0.3 is 15.4 Å². The highest BCUT2D eigenvalue weighted by Gasteiger charge is 2.18. The van der Waals surface area contributed by atoms with Crippen molar-refractivity contribution in [2.24, 2.45) is 0 Å². The number of nitrogen functional groups attached to an aromatic ring is 1. The monoisotopic (exact) mass is 251 g/mol. The SMILES string of the molecule is CCOC(=O)CN(CC)C(=O)c1ccc(N)cn1. The van der Waals surface area contributed by atoms with Crippen LogP contribution >= 0.6 is 0 Å². The average molecular weight is 251 g/mol. The second-order valence-electron chi connectivity index (χ2n) is 3.60. The molecule has 1 amide bonds. The smallest absolute Gasteiger partial charge is 0.325 e. The van der Waals surface area contributed by atoms with Gasteiger partial charge in [-0.2, -0.15) is 0 Å². The summed E-state index contributed by atoms with van der Waals surface area (Å²) in [4.78, 5) is 28.7. The van der Waals surface area contributed by atoms with Gasteiger partial charge in [0.15, 0.2) is 0 Å². The fourth-order valence-electron chi connectivity index (χ4n) is 1.38. The molecule has 0 spiro atoms. The molecule has 0 aromatic carbocycles. The molecular weight excluding hydrogens is 234 g/mol. The molecule has 0 bridgehead atoms. The molecule has 18 heavy (non-hydrogen) atoms. The molecule has 98 valence electrons. The van der Waals surface area contributed by atoms with E-state index in [1.165, 1.54) is 17.2 Å². The molecule has 0 aliphatic carbocycles. The van der Waals surface area contributed by atoms with Gasteiger partial charge in [0.2, 0.25) is 0 Å². The van der Waals surface area contributed by atoms with Gasteiger partial charge in [0.05, 0.1) is 18.5 Å². The third-order valence-corrected chi connectivity index (χ3v) is 2.30. The van der Waals surface area contributed by atoms with Crippen molar-refractivity contribution in [3.63, 3.8) is 0 Å². The largest absolute Gasteiger partial charge is 0.465 e. The Kier molecular flexibility index (Phi) is 5.10. The lowest BCUT2D eigenvalue weighted by Gasteiger charge is -2.19. The molecule has 0 radical (unpaired) electrons. The standard InChI is InChI=1S/C12H17N3O3/c1-3-15(8-11(16)18-4-2)12(17)10-6-5-9(13)7-14-10/h5-7H,3-4,8,13H2,1-2H3. The third-order valence-electron chi connectivity index (χ3n) is 2.30. The molecule has 0 unspecified atom stereocenters. The number of amides is 1. The van der Waals surface area contributed by atoms with E-state index in [0.717, 1.165) is 0 Å². The average Bonchev–Trinajstić information content (AvgIpc) is 2.36. The summed E-state index contributed by atoms with van der Waals surface area (Å²) in [6.07, 6.45) is 1.41. The van der Waals surface area contributed by atoms with Crippen LogP contribution in [0, 0.1) is 0 Å². The van der Waals surface area contributed by atoms with Crippen LogP contribution in [0.4, 0.5) is 5.69 Å². The third kappa shape index (κ3) is 3.73. The number of likely N-dealkylation sites (N-methyl/N-ethyl adjacent to an activating group) is 1. The number of carbonyl (C=O) groups excluding carboxylic acids is 2. The summed E-state index contributed by atoms with van der Waals surface area (Å²) in [5, 5.41) is 0. The van der Waals surface area contributed by atoms with Crippen LogP contribution in [0.25, 0.3) is 0 Å². The number of aromatic nitrogens is 1. The number of hydrogen-bond acceptors (Lipinski definition) is 5. The molecule has 6 heteroatoms. The predicted molar refractivity (Wildman–Crippen MR) is 66.9 cm³/mol. The zero-order valence-corrected chi connectivity index (χ0v) is 10.5. The molecular formula is C12H17N3O3. The van der Waals surface area contributed by atoms with Crippen LogP contribution in [0.2, 0.25) is 0 Å². The van der Waals surface area contributed by atoms with Crippen LogP contribution in [0.5, 0.6) is 0 Å². The van der Waals surface area contributed by atoms with Crippen LogP contribution in [-0.2, 0) is 9.53 Å². The van der Waals surface area contributed by atoms with E-state index in [4.69, 9.17) is 10.5 Å². The Morgan fingerprint density at radius 1 is 1.39 bits per heavy atom. The topological polar surface area (TPSA) is 85.5 Å². The van der Waals surface area contributed by atoms with E-state index in [-0.39, 0.29) is 18.1 Å². The van der Waals surface area contributed by atoms with E-state index in [1.54, 1.807) is 19.9 Å². The minimum absolute atomic E-state index is 0.0742. The molecule has 1 heterocycles. The normalized spacial score (nSPS) is 9.89. The number of carbonyl (C=O) groups is 2. The quantitative estimate of drug-likeness (QED) is 0.778. The number of esters is 1. The number of anilines is 1. The lowest BCUT2D eigenvalue weighted by molar-refractivity contribution is -0.143. The highest BCUT2D eigenvalue weighted by molar-refractivity contribution is 5.94. The van der Waals surface area contributed by atoms with Gasteiger partial charge >= 0.3 is 5.97 Å². The van der Waals surface area contributed by atoms with Crippen LogP contribution in [0.3, 0.4) is 0 Å². The summed E-state index contributed by atoms with van der Waals surface area (Å²) < 4.78 is 4.81. The first-order chi connectivity index (χ1) is 8.58. The molecule has 6 nitrogen and oxygen atoms in total. The Hall–Kier alpha value is -2.11. The maximum Gasteiger partial charge on any atom is 0.325 e. The van der Waals surface area contributed by atoms with E-state index in [0.29, 0.717) is 18.8 Å². The second-order valence-corrected chi connectivity index (χ2v) is 3.60. The molecule has 1 rings (SSSR count). The van der Waals surface area contributed by atoms with Crippen molar-refractivity contribution >= 4 is 17.6 Å². The van der Waals surface area contributed by atoms with E-state index in [2.05, 4.69) is 4.98 Å². The molecule has 0 atom stereocenters. The predicted octanol–water partition coefficient (Wildman–Crippen LogP) is 0.689. The first-order valence-electron chi connectivity index (χ1n) is 5.74. The Labute approximate surface area is 106 Å². The molecule has 1 aromatic heterocycles. The van der Waals surface area contributed by atoms with Crippen molar-refractivity contribution in [1.82, 2.24) is 9.88 Å². The molecule has 0 saturated heterocycles. The number of nitrogens with two attached hydrogens (primary N) is 1. The van der Waals surface area contributed by atoms with E-state index in [9.17, 15) is 9.59 Å². The van der Waals surface area contributed by atoms with Crippen molar-refractivity contribution < 1.29 is 14.3 Å². The molecule has 2 N–H and O–H groups in total. The summed E-state index contributed by atoms with van der Waals surface area (Å²) in [7, 11) is 0. The maximum absolute atomic E-state index is 12.0. The van der Waals surface area contributed by atoms with Crippen molar-refractivity contribution in [2.75, 3.05) is 25.4 Å². The number of rotatable bonds is 5. The summed E-state index contributed by atoms with van der Waals surface area (Å²) in [6, 6.07) is 3.13.